The number of piperidine rings is 1. The van der Waals surface area contributed by atoms with E-state index < -0.39 is 35.4 Å². The Morgan fingerprint density at radius 1 is 1.24 bits per heavy atom. The summed E-state index contributed by atoms with van der Waals surface area (Å²) in [5, 5.41) is 13.0. The molecule has 2 aliphatic rings. The Labute approximate surface area is 200 Å². The minimum Gasteiger partial charge on any atom is -0.507 e. The number of rotatable bonds is 5. The third-order valence-electron chi connectivity index (χ3n) is 6.09. The van der Waals surface area contributed by atoms with Gasteiger partial charge in [-0.25, -0.2) is 9.18 Å². The van der Waals surface area contributed by atoms with Gasteiger partial charge in [-0.3, -0.25) is 9.59 Å². The van der Waals surface area contributed by atoms with Crippen LogP contribution in [0.3, 0.4) is 0 Å². The van der Waals surface area contributed by atoms with Crippen molar-refractivity contribution in [2.24, 2.45) is 0 Å². The molecular weight excluding hydrogens is 463 g/mol. The lowest BCUT2D eigenvalue weighted by molar-refractivity contribution is -0.142. The molecule has 4 rings (SSSR count). The van der Waals surface area contributed by atoms with Gasteiger partial charge in [0.15, 0.2) is 0 Å². The quantitative estimate of drug-likeness (QED) is 0.389. The maximum Gasteiger partial charge on any atom is 0.409 e. The Morgan fingerprint density at radius 3 is 2.59 bits per heavy atom. The van der Waals surface area contributed by atoms with Crippen molar-refractivity contribution in [2.75, 3.05) is 26.8 Å². The third-order valence-corrected chi connectivity index (χ3v) is 7.02. The van der Waals surface area contributed by atoms with Crippen LogP contribution in [0, 0.1) is 5.82 Å². The largest absolute Gasteiger partial charge is 0.507 e. The molecule has 10 heteroatoms. The summed E-state index contributed by atoms with van der Waals surface area (Å²) in [5.74, 6) is -2.49. The second kappa shape index (κ2) is 9.84. The van der Waals surface area contributed by atoms with Gasteiger partial charge in [0.2, 0.25) is 0 Å². The van der Waals surface area contributed by atoms with Crippen LogP contribution in [0.4, 0.5) is 9.18 Å². The van der Waals surface area contributed by atoms with E-state index in [0.717, 1.165) is 6.07 Å². The zero-order chi connectivity index (χ0) is 24.4. The van der Waals surface area contributed by atoms with Crippen molar-refractivity contribution in [1.82, 2.24) is 9.80 Å². The molecule has 180 valence electrons. The van der Waals surface area contributed by atoms with Gasteiger partial charge in [-0.1, -0.05) is 6.07 Å². The molecule has 0 saturated carbocycles. The van der Waals surface area contributed by atoms with Gasteiger partial charge in [-0.05, 0) is 49.4 Å². The second-order valence-electron chi connectivity index (χ2n) is 7.98. The Balaban J connectivity index is 1.73. The number of aliphatic hydroxyl groups excluding tert-OH is 1. The van der Waals surface area contributed by atoms with E-state index in [2.05, 4.69) is 0 Å². The number of thiophene rings is 1. The summed E-state index contributed by atoms with van der Waals surface area (Å²) < 4.78 is 24.3. The monoisotopic (exact) mass is 488 g/mol. The highest BCUT2D eigenvalue weighted by molar-refractivity contribution is 7.10. The van der Waals surface area contributed by atoms with E-state index >= 15 is 0 Å². The van der Waals surface area contributed by atoms with Crippen molar-refractivity contribution in [1.29, 1.82) is 0 Å². The van der Waals surface area contributed by atoms with Crippen LogP contribution in [0.5, 0.6) is 5.75 Å². The molecule has 1 aromatic heterocycles. The third kappa shape index (κ3) is 4.25. The highest BCUT2D eigenvalue weighted by Gasteiger charge is 2.50. The summed E-state index contributed by atoms with van der Waals surface area (Å²) in [6.07, 6.45) is 0.504. The molecule has 1 unspecified atom stereocenters. The Bertz CT molecular complexity index is 1120. The molecule has 0 radical (unpaired) electrons. The first-order valence-corrected chi connectivity index (χ1v) is 11.8. The number of amides is 2. The number of likely N-dealkylation sites (tertiary alicyclic amines) is 2. The first kappa shape index (κ1) is 23.7. The summed E-state index contributed by atoms with van der Waals surface area (Å²) in [6.45, 7) is 2.76. The number of halogens is 1. The second-order valence-corrected chi connectivity index (χ2v) is 8.96. The topological polar surface area (TPSA) is 96.4 Å². The van der Waals surface area contributed by atoms with Crippen molar-refractivity contribution in [3.05, 3.63) is 57.5 Å². The number of carbonyl (C=O) groups is 3. The molecule has 1 atom stereocenters. The number of carbonyl (C=O) groups excluding carboxylic acids is 3. The average molecular weight is 489 g/mol. The summed E-state index contributed by atoms with van der Waals surface area (Å²) in [5.41, 5.74) is -0.108. The lowest BCUT2D eigenvalue weighted by atomic mass is 9.97. The minimum absolute atomic E-state index is 0.000753. The molecule has 2 fully saturated rings. The fourth-order valence-corrected chi connectivity index (χ4v) is 5.34. The van der Waals surface area contributed by atoms with Crippen LogP contribution in [-0.4, -0.2) is 65.5 Å². The van der Waals surface area contributed by atoms with Gasteiger partial charge >= 0.3 is 6.09 Å². The summed E-state index contributed by atoms with van der Waals surface area (Å²) in [7, 11) is 1.37. The standard InChI is InChI=1S/C24H25FN2O6S/c1-3-33-24(31)26-10-8-15(9-11-26)27-20(18-5-4-12-34-18)19(22(29)23(27)30)21(28)16-13-14(25)6-7-17(16)32-2/h4-7,12-13,15,20,28H,3,8-11H2,1-2H3/b21-19-. The number of Topliss-reactive ketones (excluding diaryl/α,β-unsaturated/α-hetero) is 1. The van der Waals surface area contributed by atoms with E-state index in [0.29, 0.717) is 30.8 Å². The Hall–Kier alpha value is -3.40. The van der Waals surface area contributed by atoms with Crippen LogP contribution in [0.1, 0.15) is 36.2 Å². The van der Waals surface area contributed by atoms with Crippen molar-refractivity contribution in [3.8, 4) is 5.75 Å². The normalized spacial score (nSPS) is 20.6. The molecule has 3 heterocycles. The number of nitrogens with zero attached hydrogens (tertiary/aromatic N) is 2. The highest BCUT2D eigenvalue weighted by atomic mass is 32.1. The molecule has 0 aliphatic carbocycles. The van der Waals surface area contributed by atoms with E-state index in [1.54, 1.807) is 24.0 Å². The molecule has 2 aromatic rings. The molecule has 1 aromatic carbocycles. The predicted octanol–water partition coefficient (Wildman–Crippen LogP) is 3.94. The van der Waals surface area contributed by atoms with Crippen molar-refractivity contribution in [2.45, 2.75) is 31.8 Å². The number of aliphatic hydroxyl groups is 1. The zero-order valence-corrected chi connectivity index (χ0v) is 19.6. The van der Waals surface area contributed by atoms with E-state index in [1.807, 2.05) is 5.38 Å². The van der Waals surface area contributed by atoms with Crippen LogP contribution in [0.25, 0.3) is 5.76 Å². The van der Waals surface area contributed by atoms with Gasteiger partial charge in [0.1, 0.15) is 17.3 Å². The highest BCUT2D eigenvalue weighted by Crippen LogP contribution is 2.44. The molecule has 34 heavy (non-hydrogen) atoms. The lowest BCUT2D eigenvalue weighted by Gasteiger charge is -2.38. The smallest absolute Gasteiger partial charge is 0.409 e. The summed E-state index contributed by atoms with van der Waals surface area (Å²) in [6, 6.07) is 6.05. The Morgan fingerprint density at radius 2 is 1.97 bits per heavy atom. The van der Waals surface area contributed by atoms with Gasteiger partial charge < -0.3 is 24.4 Å². The van der Waals surface area contributed by atoms with Crippen molar-refractivity contribution >= 4 is 34.9 Å². The van der Waals surface area contributed by atoms with Crippen molar-refractivity contribution in [3.63, 3.8) is 0 Å². The average Bonchev–Trinajstić information content (AvgIpc) is 3.46. The van der Waals surface area contributed by atoms with E-state index in [-0.39, 0.29) is 29.5 Å². The maximum atomic E-state index is 14.0. The SMILES string of the molecule is CCOC(=O)N1CCC(N2C(=O)C(=O)/C(=C(\O)c3cc(F)ccc3OC)C2c2cccs2)CC1. The predicted molar refractivity (Wildman–Crippen MR) is 123 cm³/mol. The van der Waals surface area contributed by atoms with Gasteiger partial charge in [-0.2, -0.15) is 0 Å². The van der Waals surface area contributed by atoms with Gasteiger partial charge in [0.25, 0.3) is 11.7 Å². The lowest BCUT2D eigenvalue weighted by Crippen LogP contribution is -2.48. The number of ketones is 1. The molecule has 0 bridgehead atoms. The van der Waals surface area contributed by atoms with Crippen LogP contribution in [0.2, 0.25) is 0 Å². The molecule has 2 saturated heterocycles. The Kier molecular flexibility index (Phi) is 6.87. The van der Waals surface area contributed by atoms with Gasteiger partial charge in [0.05, 0.1) is 30.9 Å². The van der Waals surface area contributed by atoms with Crippen LogP contribution < -0.4 is 4.74 Å². The van der Waals surface area contributed by atoms with Gasteiger partial charge in [0, 0.05) is 24.0 Å². The van der Waals surface area contributed by atoms with Crippen molar-refractivity contribution < 1.29 is 33.4 Å². The summed E-state index contributed by atoms with van der Waals surface area (Å²) in [4.78, 5) is 42.3. The number of methoxy groups -OCH3 is 1. The first-order valence-electron chi connectivity index (χ1n) is 11.0. The van der Waals surface area contributed by atoms with E-state index in [9.17, 15) is 23.9 Å². The van der Waals surface area contributed by atoms with E-state index in [1.165, 1.54) is 35.5 Å². The summed E-state index contributed by atoms with van der Waals surface area (Å²) >= 11 is 1.35. The molecular formula is C24H25FN2O6S. The number of ether oxygens (including phenoxy) is 2. The van der Waals surface area contributed by atoms with Gasteiger partial charge in [-0.15, -0.1) is 11.3 Å². The fraction of sp³-hybridized carbons (Fsp3) is 0.375. The van der Waals surface area contributed by atoms with Crippen LogP contribution in [0.15, 0.2) is 41.3 Å². The van der Waals surface area contributed by atoms with E-state index in [4.69, 9.17) is 9.47 Å². The number of hydrogen-bond donors (Lipinski definition) is 1. The molecule has 8 nitrogen and oxygen atoms in total. The maximum absolute atomic E-state index is 14.0. The van der Waals surface area contributed by atoms with Crippen LogP contribution in [-0.2, 0) is 14.3 Å². The molecule has 0 spiro atoms. The first-order chi connectivity index (χ1) is 16.4. The molecule has 1 N–H and O–H groups in total. The zero-order valence-electron chi connectivity index (χ0n) is 18.8. The van der Waals surface area contributed by atoms with Crippen LogP contribution >= 0.6 is 11.3 Å². The minimum atomic E-state index is -0.838. The number of benzene rings is 1. The molecule has 2 aliphatic heterocycles. The number of hydrogen-bond acceptors (Lipinski definition) is 7. The fourth-order valence-electron chi connectivity index (χ4n) is 4.50. The molecule has 2 amide bonds.